The number of hydrogen-bond acceptors (Lipinski definition) is 3. The molecule has 0 radical (unpaired) electrons. The van der Waals surface area contributed by atoms with Crippen molar-refractivity contribution in [2.45, 2.75) is 57.9 Å². The fourth-order valence-electron chi connectivity index (χ4n) is 5.05. The second-order valence-corrected chi connectivity index (χ2v) is 9.04. The highest BCUT2D eigenvalue weighted by atomic mass is 79.9. The number of aromatic nitrogens is 1. The molecule has 4 rings (SSSR count). The Morgan fingerprint density at radius 1 is 1.37 bits per heavy atom. The molecule has 1 aliphatic heterocycles. The van der Waals surface area contributed by atoms with E-state index in [0.717, 1.165) is 28.9 Å². The van der Waals surface area contributed by atoms with E-state index in [0.29, 0.717) is 37.2 Å². The van der Waals surface area contributed by atoms with E-state index < -0.39 is 0 Å². The van der Waals surface area contributed by atoms with E-state index in [2.05, 4.69) is 53.0 Å². The van der Waals surface area contributed by atoms with Gasteiger partial charge in [-0.25, -0.2) is 0 Å². The summed E-state index contributed by atoms with van der Waals surface area (Å²) in [5, 5.41) is 1.37. The van der Waals surface area contributed by atoms with Crippen LogP contribution in [0.2, 0.25) is 0 Å². The van der Waals surface area contributed by atoms with Gasteiger partial charge in [-0.1, -0.05) is 26.0 Å². The van der Waals surface area contributed by atoms with Crippen LogP contribution in [-0.2, 0) is 11.2 Å². The number of benzene rings is 1. The Bertz CT molecular complexity index is 860. The number of halogens is 1. The van der Waals surface area contributed by atoms with Gasteiger partial charge in [0.25, 0.3) is 0 Å². The highest BCUT2D eigenvalue weighted by Gasteiger charge is 2.39. The van der Waals surface area contributed by atoms with Gasteiger partial charge >= 0.3 is 0 Å². The minimum atomic E-state index is 0.303. The van der Waals surface area contributed by atoms with Crippen LogP contribution in [0.1, 0.15) is 56.6 Å². The number of likely N-dealkylation sites (tertiary alicyclic amines) is 1. The molecule has 146 valence electrons. The molecule has 0 bridgehead atoms. The first kappa shape index (κ1) is 19.0. The van der Waals surface area contributed by atoms with Gasteiger partial charge < -0.3 is 9.74 Å². The van der Waals surface area contributed by atoms with Crippen LogP contribution in [0.25, 0.3) is 10.9 Å². The zero-order chi connectivity index (χ0) is 19.1. The Morgan fingerprint density at radius 3 is 2.96 bits per heavy atom. The van der Waals surface area contributed by atoms with Crippen LogP contribution in [-0.4, -0.2) is 41.7 Å². The lowest BCUT2D eigenvalue weighted by Gasteiger charge is -2.44. The number of piperidine rings is 1. The third kappa shape index (κ3) is 3.33. The number of carbonyl (C=O) groups excluding carboxylic acids is 1. The lowest BCUT2D eigenvalue weighted by Crippen LogP contribution is -2.47. The zero-order valence-electron chi connectivity index (χ0n) is 16.5. The highest BCUT2D eigenvalue weighted by Crippen LogP contribution is 2.46. The third-order valence-electron chi connectivity index (χ3n) is 6.34. The minimum absolute atomic E-state index is 0.303. The third-order valence-corrected chi connectivity index (χ3v) is 7.14. The van der Waals surface area contributed by atoms with E-state index in [1.807, 2.05) is 11.7 Å². The Balaban J connectivity index is 1.66. The van der Waals surface area contributed by atoms with Gasteiger partial charge in [-0.05, 0) is 65.4 Å². The molecule has 1 aromatic heterocycles. The van der Waals surface area contributed by atoms with Gasteiger partial charge in [-0.2, -0.15) is 4.73 Å². The fourth-order valence-corrected chi connectivity index (χ4v) is 5.70. The van der Waals surface area contributed by atoms with Gasteiger partial charge in [0.05, 0.1) is 5.52 Å². The van der Waals surface area contributed by atoms with Crippen LogP contribution < -0.4 is 4.84 Å². The molecule has 2 aromatic rings. The molecule has 27 heavy (non-hydrogen) atoms. The highest BCUT2D eigenvalue weighted by molar-refractivity contribution is 9.10. The maximum Gasteiger partial charge on any atom is 0.132 e. The van der Waals surface area contributed by atoms with Gasteiger partial charge in [0, 0.05) is 36.7 Å². The van der Waals surface area contributed by atoms with Crippen molar-refractivity contribution in [3.63, 3.8) is 0 Å². The first-order valence-corrected chi connectivity index (χ1v) is 11.0. The Kier molecular flexibility index (Phi) is 5.34. The number of Topliss-reactive ketones (excluding diaryl/α,β-unsaturated/α-hetero) is 1. The maximum atomic E-state index is 11.5. The summed E-state index contributed by atoms with van der Waals surface area (Å²) in [5.41, 5.74) is 3.99. The molecule has 2 heterocycles. The lowest BCUT2D eigenvalue weighted by molar-refractivity contribution is -0.119. The summed E-state index contributed by atoms with van der Waals surface area (Å²) < 4.78 is 2.99. The van der Waals surface area contributed by atoms with Crippen molar-refractivity contribution in [1.29, 1.82) is 0 Å². The molecule has 0 unspecified atom stereocenters. The monoisotopic (exact) mass is 432 g/mol. The maximum absolute atomic E-state index is 11.5. The molecule has 4 nitrogen and oxygen atoms in total. The molecule has 1 fully saturated rings. The van der Waals surface area contributed by atoms with Gasteiger partial charge in [-0.15, -0.1) is 0 Å². The molecule has 0 saturated carbocycles. The molecular formula is C22H29BrN2O2. The topological polar surface area (TPSA) is 34.5 Å². The smallest absolute Gasteiger partial charge is 0.132 e. The van der Waals surface area contributed by atoms with Crippen molar-refractivity contribution in [2.24, 2.45) is 5.92 Å². The summed E-state index contributed by atoms with van der Waals surface area (Å²) in [5.74, 6) is 1.63. The summed E-state index contributed by atoms with van der Waals surface area (Å²) in [4.78, 5) is 20.2. The van der Waals surface area contributed by atoms with Crippen molar-refractivity contribution in [3.8, 4) is 0 Å². The quantitative estimate of drug-likeness (QED) is 0.626. The summed E-state index contributed by atoms with van der Waals surface area (Å²) in [6, 6.07) is 7.19. The summed E-state index contributed by atoms with van der Waals surface area (Å²) >= 11 is 3.82. The van der Waals surface area contributed by atoms with Crippen molar-refractivity contribution in [1.82, 2.24) is 9.63 Å². The van der Waals surface area contributed by atoms with Crippen molar-refractivity contribution in [2.75, 3.05) is 20.2 Å². The number of hydrogen-bond donors (Lipinski definition) is 0. The molecule has 1 aliphatic carbocycles. The van der Waals surface area contributed by atoms with Crippen LogP contribution in [0.4, 0.5) is 0 Å². The van der Waals surface area contributed by atoms with Crippen LogP contribution in [0.3, 0.4) is 0 Å². The average Bonchev–Trinajstić information content (AvgIpc) is 2.92. The molecule has 0 N–H and O–H groups in total. The Labute approximate surface area is 169 Å². The van der Waals surface area contributed by atoms with Gasteiger partial charge in [0.2, 0.25) is 0 Å². The van der Waals surface area contributed by atoms with Crippen molar-refractivity contribution >= 4 is 32.6 Å². The number of carbonyl (C=O) groups is 1. The van der Waals surface area contributed by atoms with Gasteiger partial charge in [0.1, 0.15) is 17.0 Å². The van der Waals surface area contributed by atoms with E-state index >= 15 is 0 Å². The molecule has 5 heteroatoms. The molecule has 0 spiro atoms. The molecule has 0 amide bonds. The predicted octanol–water partition coefficient (Wildman–Crippen LogP) is 4.57. The second-order valence-electron chi connectivity index (χ2n) is 8.29. The normalized spacial score (nSPS) is 24.8. The number of nitrogens with zero attached hydrogens (tertiary/aromatic N) is 2. The Hall–Kier alpha value is -1.33. The van der Waals surface area contributed by atoms with Gasteiger partial charge in [-0.3, -0.25) is 4.79 Å². The molecule has 1 aromatic carbocycles. The first-order chi connectivity index (χ1) is 13.0. The number of likely N-dealkylation sites (N-methyl/N-ethyl adjacent to an activating group) is 1. The standard InChI is InChI=1S/C22H29BrN2O2/c1-4-15(26)7-6-10-27-25-19-9-5-8-16-17-11-14(2)13-24(3)20(17)12-18(21(16)19)22(25)23/h5,8-9,14,17,20H,4,6-7,10-13H2,1-3H3/t14-,17-,20-/m1/s1. The fraction of sp³-hybridized carbons (Fsp3) is 0.591. The van der Waals surface area contributed by atoms with Crippen LogP contribution >= 0.6 is 15.9 Å². The Morgan fingerprint density at radius 2 is 2.19 bits per heavy atom. The summed E-state index contributed by atoms with van der Waals surface area (Å²) in [6.07, 6.45) is 4.29. The van der Waals surface area contributed by atoms with Crippen LogP contribution in [0.5, 0.6) is 0 Å². The zero-order valence-corrected chi connectivity index (χ0v) is 18.1. The van der Waals surface area contributed by atoms with E-state index in [-0.39, 0.29) is 0 Å². The number of rotatable bonds is 6. The second kappa shape index (κ2) is 7.59. The molecule has 3 atom stereocenters. The van der Waals surface area contributed by atoms with E-state index in [1.54, 1.807) is 0 Å². The van der Waals surface area contributed by atoms with Crippen LogP contribution in [0.15, 0.2) is 22.8 Å². The predicted molar refractivity (Wildman–Crippen MR) is 112 cm³/mol. The van der Waals surface area contributed by atoms with Crippen molar-refractivity contribution in [3.05, 3.63) is 33.9 Å². The molecule has 1 saturated heterocycles. The minimum Gasteiger partial charge on any atom is -0.413 e. The average molecular weight is 433 g/mol. The molecule has 2 aliphatic rings. The molecular weight excluding hydrogens is 404 g/mol. The van der Waals surface area contributed by atoms with E-state index in [9.17, 15) is 4.79 Å². The first-order valence-electron chi connectivity index (χ1n) is 10.2. The SMILES string of the molecule is CCC(=O)CCCOn1c(Br)c2c3c(cccc31)[C@H]1C[C@@H](C)CN(C)[C@@H]1C2. The van der Waals surface area contributed by atoms with Gasteiger partial charge in [0.15, 0.2) is 0 Å². The number of fused-ring (bicyclic) bond motifs is 2. The number of ketones is 1. The van der Waals surface area contributed by atoms with Crippen LogP contribution in [0, 0.1) is 5.92 Å². The lowest BCUT2D eigenvalue weighted by atomic mass is 9.73. The van der Waals surface area contributed by atoms with E-state index in [1.165, 1.54) is 29.5 Å². The summed E-state index contributed by atoms with van der Waals surface area (Å²) in [7, 11) is 2.27. The van der Waals surface area contributed by atoms with E-state index in [4.69, 9.17) is 4.84 Å². The largest absolute Gasteiger partial charge is 0.413 e. The van der Waals surface area contributed by atoms with Crippen molar-refractivity contribution < 1.29 is 9.63 Å². The summed E-state index contributed by atoms with van der Waals surface area (Å²) in [6.45, 7) is 6.01.